The van der Waals surface area contributed by atoms with Crippen LogP contribution in [0.5, 0.6) is 0 Å². The van der Waals surface area contributed by atoms with E-state index in [9.17, 15) is 14.4 Å². The van der Waals surface area contributed by atoms with Gasteiger partial charge in [0, 0.05) is 6.42 Å². The Balaban J connectivity index is 2.28. The van der Waals surface area contributed by atoms with Gasteiger partial charge in [-0.1, -0.05) is 12.1 Å². The van der Waals surface area contributed by atoms with E-state index >= 15 is 0 Å². The predicted molar refractivity (Wildman–Crippen MR) is 91.0 cm³/mol. The van der Waals surface area contributed by atoms with Crippen LogP contribution in [0.1, 0.15) is 28.4 Å². The molecule has 0 bridgehead atoms. The van der Waals surface area contributed by atoms with Crippen molar-refractivity contribution in [3.8, 4) is 0 Å². The third kappa shape index (κ3) is 4.63. The van der Waals surface area contributed by atoms with E-state index in [0.717, 1.165) is 5.56 Å². The molecule has 0 unspecified atom stereocenters. The summed E-state index contributed by atoms with van der Waals surface area (Å²) in [7, 11) is 0. The summed E-state index contributed by atoms with van der Waals surface area (Å²) in [5.74, 6) is -2.06. The van der Waals surface area contributed by atoms with E-state index in [1.165, 1.54) is 29.5 Å². The Hall–Kier alpha value is -2.73. The fourth-order valence-corrected chi connectivity index (χ4v) is 2.69. The molecule has 2 rings (SSSR count). The number of carboxylic acids is 1. The van der Waals surface area contributed by atoms with Gasteiger partial charge in [0.25, 0.3) is 0 Å². The van der Waals surface area contributed by atoms with Gasteiger partial charge in [-0.15, -0.1) is 0 Å². The average molecular weight is 344 g/mol. The predicted octanol–water partition coefficient (Wildman–Crippen LogP) is 3.20. The molecule has 1 aromatic heterocycles. The molecule has 0 spiro atoms. The second-order valence-electron chi connectivity index (χ2n) is 4.94. The van der Waals surface area contributed by atoms with Crippen LogP contribution in [0, 0.1) is 0 Å². The van der Waals surface area contributed by atoms with Crippen molar-refractivity contribution in [1.29, 1.82) is 0 Å². The fraction of sp³-hybridized carbons (Fsp3) is 0.167. The van der Waals surface area contributed by atoms with E-state index in [1.807, 2.05) is 16.8 Å². The Labute approximate surface area is 143 Å². The van der Waals surface area contributed by atoms with Crippen LogP contribution in [0.25, 0.3) is 6.08 Å². The number of rotatable bonds is 7. The van der Waals surface area contributed by atoms with Gasteiger partial charge in [-0.05, 0) is 53.1 Å². The molecule has 24 heavy (non-hydrogen) atoms. The average Bonchev–Trinajstić information content (AvgIpc) is 3.06. The van der Waals surface area contributed by atoms with Crippen molar-refractivity contribution in [2.45, 2.75) is 13.3 Å². The number of aromatic carboxylic acids is 1. The molecule has 0 radical (unpaired) electrons. The number of esters is 1. The molecular weight excluding hydrogens is 328 g/mol. The molecule has 0 amide bonds. The maximum Gasteiger partial charge on any atom is 0.341 e. The lowest BCUT2D eigenvalue weighted by atomic mass is 10.0. The molecule has 124 valence electrons. The summed E-state index contributed by atoms with van der Waals surface area (Å²) in [6, 6.07) is 7.74. The smallest absolute Gasteiger partial charge is 0.341 e. The Bertz CT molecular complexity index is 757. The number of ether oxygens (including phenoxy) is 1. The minimum Gasteiger partial charge on any atom is -0.478 e. The zero-order valence-electron chi connectivity index (χ0n) is 13.0. The molecule has 0 aliphatic heterocycles. The number of carboxylic acid groups (broad SMARTS) is 1. The first kappa shape index (κ1) is 17.6. The Kier molecular flexibility index (Phi) is 6.03. The number of ketones is 1. The summed E-state index contributed by atoms with van der Waals surface area (Å²) >= 11 is 1.48. The first-order valence-corrected chi connectivity index (χ1v) is 8.22. The highest BCUT2D eigenvalue weighted by atomic mass is 32.1. The van der Waals surface area contributed by atoms with Crippen LogP contribution in [0.4, 0.5) is 0 Å². The van der Waals surface area contributed by atoms with Crippen LogP contribution in [-0.4, -0.2) is 29.4 Å². The Morgan fingerprint density at radius 1 is 1.17 bits per heavy atom. The van der Waals surface area contributed by atoms with Crippen molar-refractivity contribution in [3.63, 3.8) is 0 Å². The highest BCUT2D eigenvalue weighted by molar-refractivity contribution is 7.08. The van der Waals surface area contributed by atoms with Crippen LogP contribution in [-0.2, 0) is 20.7 Å². The molecular formula is C18H16O5S. The van der Waals surface area contributed by atoms with Crippen molar-refractivity contribution < 1.29 is 24.2 Å². The summed E-state index contributed by atoms with van der Waals surface area (Å²) in [6.45, 7) is 1.83. The molecule has 0 saturated heterocycles. The molecule has 0 aliphatic rings. The summed E-state index contributed by atoms with van der Waals surface area (Å²) in [5, 5.41) is 12.6. The van der Waals surface area contributed by atoms with E-state index < -0.39 is 11.9 Å². The van der Waals surface area contributed by atoms with Gasteiger partial charge in [0.05, 0.1) is 12.2 Å². The van der Waals surface area contributed by atoms with E-state index in [4.69, 9.17) is 9.84 Å². The van der Waals surface area contributed by atoms with Crippen molar-refractivity contribution in [1.82, 2.24) is 0 Å². The van der Waals surface area contributed by atoms with Crippen molar-refractivity contribution in [2.75, 3.05) is 6.61 Å². The van der Waals surface area contributed by atoms with E-state index in [1.54, 1.807) is 19.1 Å². The van der Waals surface area contributed by atoms with Gasteiger partial charge in [-0.25, -0.2) is 9.59 Å². The lowest BCUT2D eigenvalue weighted by Gasteiger charge is -2.06. The Morgan fingerprint density at radius 3 is 2.42 bits per heavy atom. The third-order valence-corrected chi connectivity index (χ3v) is 3.94. The molecule has 1 heterocycles. The summed E-state index contributed by atoms with van der Waals surface area (Å²) < 4.78 is 4.96. The van der Waals surface area contributed by atoms with Crippen molar-refractivity contribution in [3.05, 3.63) is 63.4 Å². The largest absolute Gasteiger partial charge is 0.478 e. The first-order chi connectivity index (χ1) is 11.5. The van der Waals surface area contributed by atoms with Gasteiger partial charge in [0.1, 0.15) is 5.57 Å². The number of Topliss-reactive ketones (excluding diaryl/α,β-unsaturated/α-hetero) is 1. The number of thiophene rings is 1. The molecule has 1 N–H and O–H groups in total. The number of hydrogen-bond acceptors (Lipinski definition) is 5. The topological polar surface area (TPSA) is 80.7 Å². The lowest BCUT2D eigenvalue weighted by Crippen LogP contribution is -2.17. The molecule has 6 heteroatoms. The van der Waals surface area contributed by atoms with Gasteiger partial charge in [-0.3, -0.25) is 4.79 Å². The minimum atomic E-state index is -1.04. The molecule has 2 aromatic rings. The number of hydrogen-bond donors (Lipinski definition) is 1. The van der Waals surface area contributed by atoms with Crippen LogP contribution in [0.3, 0.4) is 0 Å². The normalized spacial score (nSPS) is 11.1. The third-order valence-electron chi connectivity index (χ3n) is 3.21. The van der Waals surface area contributed by atoms with Crippen LogP contribution in [0.2, 0.25) is 0 Å². The zero-order chi connectivity index (χ0) is 17.5. The van der Waals surface area contributed by atoms with Crippen LogP contribution in [0.15, 0.2) is 46.7 Å². The second kappa shape index (κ2) is 8.21. The van der Waals surface area contributed by atoms with Gasteiger partial charge in [-0.2, -0.15) is 11.3 Å². The van der Waals surface area contributed by atoms with Crippen LogP contribution < -0.4 is 0 Å². The SMILES string of the molecule is CCOC(=O)/C(=C\c1ccc(C(=O)O)cc1)C(=O)Cc1ccsc1. The molecule has 0 atom stereocenters. The first-order valence-electron chi connectivity index (χ1n) is 7.27. The van der Waals surface area contributed by atoms with Gasteiger partial charge < -0.3 is 9.84 Å². The van der Waals surface area contributed by atoms with E-state index in [0.29, 0.717) is 5.56 Å². The van der Waals surface area contributed by atoms with Crippen LogP contribution >= 0.6 is 11.3 Å². The second-order valence-corrected chi connectivity index (χ2v) is 5.72. The molecule has 5 nitrogen and oxygen atoms in total. The van der Waals surface area contributed by atoms with E-state index in [-0.39, 0.29) is 29.9 Å². The molecule has 1 aromatic carbocycles. The monoisotopic (exact) mass is 344 g/mol. The van der Waals surface area contributed by atoms with Gasteiger partial charge in [0.15, 0.2) is 5.78 Å². The Morgan fingerprint density at radius 2 is 1.88 bits per heavy atom. The van der Waals surface area contributed by atoms with Gasteiger partial charge in [0.2, 0.25) is 0 Å². The molecule has 0 aliphatic carbocycles. The minimum absolute atomic E-state index is 0.0499. The standard InChI is InChI=1S/C18H16O5S/c1-2-23-18(22)15(16(19)10-13-7-8-24-11-13)9-12-3-5-14(6-4-12)17(20)21/h3-9,11H,2,10H2,1H3,(H,20,21)/b15-9-. The number of carbonyl (C=O) groups excluding carboxylic acids is 2. The fourth-order valence-electron chi connectivity index (χ4n) is 2.02. The van der Waals surface area contributed by atoms with Crippen molar-refractivity contribution >= 4 is 35.1 Å². The maximum absolute atomic E-state index is 12.4. The highest BCUT2D eigenvalue weighted by Crippen LogP contribution is 2.15. The maximum atomic E-state index is 12.4. The summed E-state index contributed by atoms with van der Waals surface area (Å²) in [5.41, 5.74) is 1.48. The molecule has 0 saturated carbocycles. The highest BCUT2D eigenvalue weighted by Gasteiger charge is 2.20. The van der Waals surface area contributed by atoms with Gasteiger partial charge >= 0.3 is 11.9 Å². The quantitative estimate of drug-likeness (QED) is 0.361. The van der Waals surface area contributed by atoms with Crippen molar-refractivity contribution in [2.24, 2.45) is 0 Å². The van der Waals surface area contributed by atoms with E-state index in [2.05, 4.69) is 0 Å². The number of benzene rings is 1. The summed E-state index contributed by atoms with van der Waals surface area (Å²) in [4.78, 5) is 35.4. The number of carbonyl (C=O) groups is 3. The lowest BCUT2D eigenvalue weighted by molar-refractivity contribution is -0.139. The zero-order valence-corrected chi connectivity index (χ0v) is 13.8. The summed E-state index contributed by atoms with van der Waals surface area (Å²) in [6.07, 6.45) is 1.54. The molecule has 0 fully saturated rings.